The van der Waals surface area contributed by atoms with Gasteiger partial charge < -0.3 is 14.6 Å². The van der Waals surface area contributed by atoms with Crippen LogP contribution in [0.25, 0.3) is 0 Å². The smallest absolute Gasteiger partial charge is 0.185 e. The minimum atomic E-state index is -0.610. The number of aliphatic hydroxyl groups is 1. The van der Waals surface area contributed by atoms with E-state index in [0.29, 0.717) is 0 Å². The van der Waals surface area contributed by atoms with Crippen molar-refractivity contribution < 1.29 is 14.6 Å². The highest BCUT2D eigenvalue weighted by molar-refractivity contribution is 5.07. The van der Waals surface area contributed by atoms with Crippen LogP contribution in [0.4, 0.5) is 0 Å². The zero-order valence-corrected chi connectivity index (χ0v) is 7.36. The first-order valence-electron chi connectivity index (χ1n) is 4.32. The molecule has 2 aliphatic heterocycles. The maximum Gasteiger partial charge on any atom is 0.185 e. The highest BCUT2D eigenvalue weighted by atomic mass is 16.7. The fourth-order valence-electron chi connectivity index (χ4n) is 1.84. The van der Waals surface area contributed by atoms with Crippen molar-refractivity contribution in [1.82, 2.24) is 0 Å². The molecule has 0 spiro atoms. The van der Waals surface area contributed by atoms with E-state index in [4.69, 9.17) is 9.47 Å². The summed E-state index contributed by atoms with van der Waals surface area (Å²) in [6.45, 7) is 3.87. The predicted octanol–water partition coefficient (Wildman–Crippen LogP) is 0.827. The molecule has 4 atom stereocenters. The standard InChI is InChI=1S/C9H14O3/c1-6-5-8-7(10)3-4-9(2,11-6)12-8/h3-4,6-8,10H,5H2,1-2H3. The predicted molar refractivity (Wildman–Crippen MR) is 43.6 cm³/mol. The van der Waals surface area contributed by atoms with Gasteiger partial charge in [-0.05, 0) is 19.9 Å². The molecule has 0 amide bonds. The SMILES string of the molecule is CC1CC2OC(C)(C=CC2O)O1. The van der Waals surface area contributed by atoms with Crippen molar-refractivity contribution in [1.29, 1.82) is 0 Å². The van der Waals surface area contributed by atoms with Gasteiger partial charge >= 0.3 is 0 Å². The summed E-state index contributed by atoms with van der Waals surface area (Å²) in [7, 11) is 0. The van der Waals surface area contributed by atoms with Gasteiger partial charge in [-0.15, -0.1) is 0 Å². The number of fused-ring (bicyclic) bond motifs is 2. The van der Waals surface area contributed by atoms with E-state index in [0.717, 1.165) is 6.42 Å². The summed E-state index contributed by atoms with van der Waals surface area (Å²) >= 11 is 0. The van der Waals surface area contributed by atoms with Gasteiger partial charge in [0.25, 0.3) is 0 Å². The Labute approximate surface area is 72.0 Å². The summed E-state index contributed by atoms with van der Waals surface area (Å²) in [5.74, 6) is -0.610. The molecule has 2 rings (SSSR count). The number of rotatable bonds is 0. The lowest BCUT2D eigenvalue weighted by molar-refractivity contribution is -0.297. The Bertz CT molecular complexity index is 214. The van der Waals surface area contributed by atoms with Gasteiger partial charge in [0.2, 0.25) is 0 Å². The Morgan fingerprint density at radius 2 is 2.25 bits per heavy atom. The van der Waals surface area contributed by atoms with Crippen LogP contribution in [0.3, 0.4) is 0 Å². The third-order valence-corrected chi connectivity index (χ3v) is 2.36. The highest BCUT2D eigenvalue weighted by Gasteiger charge is 2.41. The van der Waals surface area contributed by atoms with E-state index < -0.39 is 11.9 Å². The van der Waals surface area contributed by atoms with Crippen LogP contribution in [0, 0.1) is 0 Å². The quantitative estimate of drug-likeness (QED) is 0.547. The molecule has 0 saturated carbocycles. The van der Waals surface area contributed by atoms with Gasteiger partial charge in [-0.2, -0.15) is 0 Å². The normalized spacial score (nSPS) is 52.4. The van der Waals surface area contributed by atoms with E-state index in [9.17, 15) is 5.11 Å². The van der Waals surface area contributed by atoms with Crippen molar-refractivity contribution in [3.8, 4) is 0 Å². The van der Waals surface area contributed by atoms with E-state index in [1.807, 2.05) is 13.8 Å². The van der Waals surface area contributed by atoms with Crippen LogP contribution < -0.4 is 0 Å². The lowest BCUT2D eigenvalue weighted by Gasteiger charge is -2.44. The number of aliphatic hydroxyl groups excluding tert-OH is 1. The maximum absolute atomic E-state index is 9.49. The van der Waals surface area contributed by atoms with Gasteiger partial charge in [0.1, 0.15) is 0 Å². The molecule has 1 N–H and O–H groups in total. The van der Waals surface area contributed by atoms with Crippen molar-refractivity contribution in [2.75, 3.05) is 0 Å². The second-order valence-corrected chi connectivity index (χ2v) is 3.69. The molecular weight excluding hydrogens is 156 g/mol. The first-order valence-corrected chi connectivity index (χ1v) is 4.32. The number of hydrogen-bond acceptors (Lipinski definition) is 3. The van der Waals surface area contributed by atoms with Crippen LogP contribution in [-0.2, 0) is 9.47 Å². The Kier molecular flexibility index (Phi) is 1.75. The van der Waals surface area contributed by atoms with Gasteiger partial charge in [-0.3, -0.25) is 0 Å². The van der Waals surface area contributed by atoms with Crippen LogP contribution in [-0.4, -0.2) is 29.2 Å². The van der Waals surface area contributed by atoms with Crippen molar-refractivity contribution in [2.45, 2.75) is 44.4 Å². The molecule has 3 nitrogen and oxygen atoms in total. The molecule has 1 saturated heterocycles. The van der Waals surface area contributed by atoms with Crippen molar-refractivity contribution >= 4 is 0 Å². The minimum Gasteiger partial charge on any atom is -0.386 e. The Morgan fingerprint density at radius 1 is 1.50 bits per heavy atom. The fraction of sp³-hybridized carbons (Fsp3) is 0.778. The summed E-state index contributed by atoms with van der Waals surface area (Å²) in [6, 6.07) is 0. The molecule has 0 aliphatic carbocycles. The third kappa shape index (κ3) is 1.28. The zero-order valence-electron chi connectivity index (χ0n) is 7.36. The highest BCUT2D eigenvalue weighted by Crippen LogP contribution is 2.33. The Morgan fingerprint density at radius 3 is 3.00 bits per heavy atom. The monoisotopic (exact) mass is 170 g/mol. The summed E-state index contributed by atoms with van der Waals surface area (Å²) in [5, 5.41) is 9.49. The third-order valence-electron chi connectivity index (χ3n) is 2.36. The molecule has 2 heterocycles. The van der Waals surface area contributed by atoms with E-state index in [1.165, 1.54) is 0 Å². The van der Waals surface area contributed by atoms with Gasteiger partial charge in [-0.1, -0.05) is 6.08 Å². The summed E-state index contributed by atoms with van der Waals surface area (Å²) in [4.78, 5) is 0. The van der Waals surface area contributed by atoms with Gasteiger partial charge in [-0.25, -0.2) is 0 Å². The number of hydrogen-bond donors (Lipinski definition) is 1. The van der Waals surface area contributed by atoms with Crippen molar-refractivity contribution in [2.24, 2.45) is 0 Å². The molecule has 4 unspecified atom stereocenters. The summed E-state index contributed by atoms with van der Waals surface area (Å²) in [5.41, 5.74) is 0. The van der Waals surface area contributed by atoms with Crippen molar-refractivity contribution in [3.05, 3.63) is 12.2 Å². The molecule has 0 aromatic carbocycles. The van der Waals surface area contributed by atoms with Gasteiger partial charge in [0.15, 0.2) is 5.79 Å². The summed E-state index contributed by atoms with van der Waals surface area (Å²) < 4.78 is 11.1. The van der Waals surface area contributed by atoms with Crippen LogP contribution in [0.15, 0.2) is 12.2 Å². The molecule has 2 aliphatic rings. The second kappa shape index (κ2) is 2.55. The van der Waals surface area contributed by atoms with E-state index >= 15 is 0 Å². The molecule has 12 heavy (non-hydrogen) atoms. The van der Waals surface area contributed by atoms with E-state index in [1.54, 1.807) is 12.2 Å². The van der Waals surface area contributed by atoms with Crippen LogP contribution in [0.5, 0.6) is 0 Å². The topological polar surface area (TPSA) is 38.7 Å². The Balaban J connectivity index is 2.23. The number of ether oxygens (including phenoxy) is 2. The molecule has 1 fully saturated rings. The zero-order chi connectivity index (χ0) is 8.77. The lowest BCUT2D eigenvalue weighted by atomic mass is 9.99. The average molecular weight is 170 g/mol. The minimum absolute atomic E-state index is 0.0938. The average Bonchev–Trinajstić information content (AvgIpc) is 1.96. The van der Waals surface area contributed by atoms with Crippen LogP contribution >= 0.6 is 0 Å². The van der Waals surface area contributed by atoms with E-state index in [2.05, 4.69) is 0 Å². The molecule has 2 bridgehead atoms. The van der Waals surface area contributed by atoms with Crippen molar-refractivity contribution in [3.63, 3.8) is 0 Å². The summed E-state index contributed by atoms with van der Waals surface area (Å²) in [6.07, 6.45) is 3.90. The largest absolute Gasteiger partial charge is 0.386 e. The first-order chi connectivity index (χ1) is 5.59. The van der Waals surface area contributed by atoms with E-state index in [-0.39, 0.29) is 12.2 Å². The van der Waals surface area contributed by atoms with Gasteiger partial charge in [0, 0.05) is 6.42 Å². The molecule has 68 valence electrons. The fourth-order valence-corrected chi connectivity index (χ4v) is 1.84. The lowest BCUT2D eigenvalue weighted by Crippen LogP contribution is -2.51. The van der Waals surface area contributed by atoms with Crippen LogP contribution in [0.1, 0.15) is 20.3 Å². The maximum atomic E-state index is 9.49. The Hall–Kier alpha value is -0.380. The second-order valence-electron chi connectivity index (χ2n) is 3.69. The molecule has 0 aromatic rings. The van der Waals surface area contributed by atoms with Gasteiger partial charge in [0.05, 0.1) is 18.3 Å². The van der Waals surface area contributed by atoms with Crippen LogP contribution in [0.2, 0.25) is 0 Å². The molecule has 0 radical (unpaired) electrons. The molecule has 3 heteroatoms. The molecular formula is C9H14O3. The molecule has 0 aromatic heterocycles. The first kappa shape index (κ1) is 8.23.